The van der Waals surface area contributed by atoms with Gasteiger partial charge in [0.25, 0.3) is 5.91 Å². The number of carbonyl (C=O) groups excluding carboxylic acids is 1. The van der Waals surface area contributed by atoms with Crippen LogP contribution >= 0.6 is 0 Å². The number of anilines is 3. The number of benzene rings is 2. The van der Waals surface area contributed by atoms with E-state index in [1.807, 2.05) is 0 Å². The normalized spacial score (nSPS) is 11.7. The van der Waals surface area contributed by atoms with Gasteiger partial charge in [0, 0.05) is 22.6 Å². The molecule has 8 nitrogen and oxygen atoms in total. The third kappa shape index (κ3) is 7.39. The summed E-state index contributed by atoms with van der Waals surface area (Å²) in [6.07, 6.45) is 0.997. The lowest BCUT2D eigenvalue weighted by Crippen LogP contribution is -2.17. The van der Waals surface area contributed by atoms with Gasteiger partial charge in [-0.15, -0.1) is 0 Å². The summed E-state index contributed by atoms with van der Waals surface area (Å²) in [6.45, 7) is 3.55. The molecule has 10 heteroatoms. The van der Waals surface area contributed by atoms with Crippen molar-refractivity contribution in [3.05, 3.63) is 54.1 Å². The van der Waals surface area contributed by atoms with Gasteiger partial charge in [-0.1, -0.05) is 19.9 Å². The van der Waals surface area contributed by atoms with Crippen molar-refractivity contribution in [1.82, 2.24) is 0 Å². The summed E-state index contributed by atoms with van der Waals surface area (Å²) in [6, 6.07) is 12.4. The lowest BCUT2D eigenvalue weighted by molar-refractivity contribution is 0.102. The summed E-state index contributed by atoms with van der Waals surface area (Å²) in [7, 11) is -6.83. The van der Waals surface area contributed by atoms with Crippen LogP contribution in [0.25, 0.3) is 0 Å². The first-order valence-corrected chi connectivity index (χ1v) is 12.5. The molecule has 0 saturated heterocycles. The van der Waals surface area contributed by atoms with E-state index in [0.29, 0.717) is 29.9 Å². The van der Waals surface area contributed by atoms with Crippen molar-refractivity contribution in [2.24, 2.45) is 0 Å². The fraction of sp³-hybridized carbons (Fsp3) is 0.316. The zero-order chi connectivity index (χ0) is 21.5. The second kappa shape index (κ2) is 9.75. The molecule has 2 aromatic rings. The summed E-state index contributed by atoms with van der Waals surface area (Å²) >= 11 is 0. The quantitative estimate of drug-likeness (QED) is 0.525. The molecule has 0 fully saturated rings. The van der Waals surface area contributed by atoms with Gasteiger partial charge in [0.1, 0.15) is 0 Å². The Balaban J connectivity index is 2.06. The molecule has 0 aliphatic carbocycles. The Labute approximate surface area is 171 Å². The molecule has 0 saturated carbocycles. The van der Waals surface area contributed by atoms with Crippen LogP contribution in [0.1, 0.15) is 37.0 Å². The molecule has 0 aliphatic heterocycles. The predicted molar refractivity (Wildman–Crippen MR) is 116 cm³/mol. The molecule has 0 radical (unpaired) electrons. The van der Waals surface area contributed by atoms with Crippen molar-refractivity contribution in [2.45, 2.75) is 26.7 Å². The smallest absolute Gasteiger partial charge is 0.255 e. The van der Waals surface area contributed by atoms with Gasteiger partial charge in [0.15, 0.2) is 0 Å². The minimum Gasteiger partial charge on any atom is -0.322 e. The van der Waals surface area contributed by atoms with Gasteiger partial charge in [-0.25, -0.2) is 16.8 Å². The molecule has 0 aromatic heterocycles. The van der Waals surface area contributed by atoms with Crippen LogP contribution in [-0.4, -0.2) is 34.2 Å². The molecule has 3 N–H and O–H groups in total. The van der Waals surface area contributed by atoms with Gasteiger partial charge in [-0.05, 0) is 55.3 Å². The number of carbonyl (C=O) groups is 1. The topological polar surface area (TPSA) is 121 Å². The van der Waals surface area contributed by atoms with Crippen LogP contribution in [0.5, 0.6) is 0 Å². The van der Waals surface area contributed by atoms with Gasteiger partial charge < -0.3 is 5.32 Å². The summed E-state index contributed by atoms with van der Waals surface area (Å²) in [5.41, 5.74) is 1.48. The number of nitrogens with one attached hydrogen (secondary N) is 3. The molecule has 2 rings (SSSR count). The first-order chi connectivity index (χ1) is 13.6. The molecule has 0 heterocycles. The van der Waals surface area contributed by atoms with Crippen molar-refractivity contribution in [3.63, 3.8) is 0 Å². The van der Waals surface area contributed by atoms with Crippen LogP contribution in [0.2, 0.25) is 0 Å². The summed E-state index contributed by atoms with van der Waals surface area (Å²) in [5.74, 6) is -0.386. The average Bonchev–Trinajstić information content (AvgIpc) is 2.62. The number of sulfonamides is 2. The second-order valence-electron chi connectivity index (χ2n) is 6.45. The van der Waals surface area contributed by atoms with E-state index >= 15 is 0 Å². The Hall–Kier alpha value is -2.59. The van der Waals surface area contributed by atoms with Crippen molar-refractivity contribution in [2.75, 3.05) is 26.3 Å². The number of amides is 1. The number of hydrogen-bond donors (Lipinski definition) is 3. The minimum atomic E-state index is -3.45. The van der Waals surface area contributed by atoms with Gasteiger partial charge in [0.2, 0.25) is 20.0 Å². The monoisotopic (exact) mass is 439 g/mol. The Bertz CT molecular complexity index is 1050. The molecule has 0 atom stereocenters. The first kappa shape index (κ1) is 22.7. The van der Waals surface area contributed by atoms with Crippen LogP contribution < -0.4 is 14.8 Å². The van der Waals surface area contributed by atoms with Crippen molar-refractivity contribution < 1.29 is 21.6 Å². The fourth-order valence-corrected chi connectivity index (χ4v) is 4.81. The fourth-order valence-electron chi connectivity index (χ4n) is 2.55. The third-order valence-corrected chi connectivity index (χ3v) is 6.74. The van der Waals surface area contributed by atoms with E-state index in [-0.39, 0.29) is 17.1 Å². The lowest BCUT2D eigenvalue weighted by atomic mass is 10.2. The van der Waals surface area contributed by atoms with E-state index in [2.05, 4.69) is 14.8 Å². The maximum atomic E-state index is 12.5. The number of hydrogen-bond acceptors (Lipinski definition) is 5. The summed E-state index contributed by atoms with van der Waals surface area (Å²) in [5, 5.41) is 2.70. The van der Waals surface area contributed by atoms with Gasteiger partial charge in [-0.3, -0.25) is 14.2 Å². The highest BCUT2D eigenvalue weighted by Crippen LogP contribution is 2.18. The van der Waals surface area contributed by atoms with Crippen LogP contribution in [0.4, 0.5) is 17.1 Å². The average molecular weight is 440 g/mol. The molecular weight excluding hydrogens is 414 g/mol. The molecule has 0 unspecified atom stereocenters. The van der Waals surface area contributed by atoms with E-state index in [0.717, 1.165) is 0 Å². The van der Waals surface area contributed by atoms with E-state index in [1.54, 1.807) is 56.3 Å². The third-order valence-electron chi connectivity index (χ3n) is 3.76. The highest BCUT2D eigenvalue weighted by Gasteiger charge is 2.12. The molecular formula is C19H25N3O5S2. The highest BCUT2D eigenvalue weighted by atomic mass is 32.2. The van der Waals surface area contributed by atoms with E-state index in [4.69, 9.17) is 0 Å². The Morgan fingerprint density at radius 3 is 1.83 bits per heavy atom. The van der Waals surface area contributed by atoms with Gasteiger partial charge >= 0.3 is 0 Å². The van der Waals surface area contributed by atoms with Crippen LogP contribution in [-0.2, 0) is 20.0 Å². The highest BCUT2D eigenvalue weighted by molar-refractivity contribution is 7.92. The Morgan fingerprint density at radius 2 is 1.28 bits per heavy atom. The van der Waals surface area contributed by atoms with E-state index < -0.39 is 26.0 Å². The van der Waals surface area contributed by atoms with Gasteiger partial charge in [-0.2, -0.15) is 0 Å². The van der Waals surface area contributed by atoms with Crippen molar-refractivity contribution >= 4 is 43.0 Å². The zero-order valence-electron chi connectivity index (χ0n) is 16.3. The zero-order valence-corrected chi connectivity index (χ0v) is 17.9. The molecule has 0 bridgehead atoms. The molecule has 29 heavy (non-hydrogen) atoms. The lowest BCUT2D eigenvalue weighted by Gasteiger charge is -2.10. The maximum absolute atomic E-state index is 12.5. The van der Waals surface area contributed by atoms with Crippen LogP contribution in [0.3, 0.4) is 0 Å². The van der Waals surface area contributed by atoms with E-state index in [9.17, 15) is 21.6 Å². The first-order valence-electron chi connectivity index (χ1n) is 9.16. The van der Waals surface area contributed by atoms with Crippen LogP contribution in [0.15, 0.2) is 48.5 Å². The summed E-state index contributed by atoms with van der Waals surface area (Å²) < 4.78 is 52.3. The van der Waals surface area contributed by atoms with Crippen molar-refractivity contribution in [3.8, 4) is 0 Å². The predicted octanol–water partition coefficient (Wildman–Crippen LogP) is 3.24. The standard InChI is InChI=1S/C19H25N3O5S2/c1-3-12-28(24,25)21-17-10-8-16(9-11-17)20-19(23)15-6-5-7-18(14-15)22-29(26,27)13-4-2/h5-11,14,21-22H,3-4,12-13H2,1-2H3,(H,20,23). The molecule has 1 amide bonds. The Morgan fingerprint density at radius 1 is 0.759 bits per heavy atom. The van der Waals surface area contributed by atoms with Gasteiger partial charge in [0.05, 0.1) is 11.5 Å². The maximum Gasteiger partial charge on any atom is 0.255 e. The second-order valence-corrected chi connectivity index (χ2v) is 10.1. The SMILES string of the molecule is CCCS(=O)(=O)Nc1ccc(NC(=O)c2cccc(NS(=O)(=O)CCC)c2)cc1. The largest absolute Gasteiger partial charge is 0.322 e. The summed E-state index contributed by atoms with van der Waals surface area (Å²) in [4.78, 5) is 12.5. The number of rotatable bonds is 10. The molecule has 0 spiro atoms. The Kier molecular flexibility index (Phi) is 7.63. The van der Waals surface area contributed by atoms with E-state index in [1.165, 1.54) is 6.07 Å². The van der Waals surface area contributed by atoms with Crippen molar-refractivity contribution in [1.29, 1.82) is 0 Å². The molecule has 0 aliphatic rings. The molecule has 2 aromatic carbocycles. The minimum absolute atomic E-state index is 0.00220. The van der Waals surface area contributed by atoms with Crippen LogP contribution in [0, 0.1) is 0 Å². The molecule has 158 valence electrons.